The highest BCUT2D eigenvalue weighted by Crippen LogP contribution is 2.32. The van der Waals surface area contributed by atoms with Gasteiger partial charge in [0.15, 0.2) is 0 Å². The van der Waals surface area contributed by atoms with Gasteiger partial charge in [0.1, 0.15) is 0 Å². The molecule has 134 valence electrons. The summed E-state index contributed by atoms with van der Waals surface area (Å²) in [5.41, 5.74) is -0.129. The van der Waals surface area contributed by atoms with Crippen molar-refractivity contribution in [1.29, 1.82) is 0 Å². The molecule has 3 rings (SSSR count). The summed E-state index contributed by atoms with van der Waals surface area (Å²) in [6, 6.07) is 4.05. The average Bonchev–Trinajstić information content (AvgIpc) is 3.16. The van der Waals surface area contributed by atoms with Gasteiger partial charge in [-0.3, -0.25) is 9.69 Å². The molecule has 3 heterocycles. The van der Waals surface area contributed by atoms with Crippen molar-refractivity contribution in [3.05, 3.63) is 24.5 Å². The van der Waals surface area contributed by atoms with Gasteiger partial charge < -0.3 is 19.4 Å². The molecule has 0 spiro atoms. The summed E-state index contributed by atoms with van der Waals surface area (Å²) in [7, 11) is 0. The molecule has 1 aromatic rings. The Morgan fingerprint density at radius 2 is 1.71 bits per heavy atom. The van der Waals surface area contributed by atoms with E-state index in [4.69, 9.17) is 9.47 Å². The zero-order chi connectivity index (χ0) is 16.7. The number of nitrogens with one attached hydrogen (secondary N) is 1. The lowest BCUT2D eigenvalue weighted by Crippen LogP contribution is -2.43. The molecular formula is C18H29N3O3. The predicted molar refractivity (Wildman–Crippen MR) is 92.0 cm³/mol. The monoisotopic (exact) mass is 335 g/mol. The Labute approximate surface area is 144 Å². The summed E-state index contributed by atoms with van der Waals surface area (Å²) in [5, 5.41) is 3.11. The number of rotatable bonds is 7. The number of amides is 1. The highest BCUT2D eigenvalue weighted by molar-refractivity contribution is 5.77. The molecule has 0 atom stereocenters. The van der Waals surface area contributed by atoms with Crippen LogP contribution in [0.15, 0.2) is 24.5 Å². The fraction of sp³-hybridized carbons (Fsp3) is 0.722. The van der Waals surface area contributed by atoms with E-state index in [1.54, 1.807) is 0 Å². The number of morpholine rings is 1. The van der Waals surface area contributed by atoms with Crippen LogP contribution in [-0.4, -0.2) is 68.0 Å². The van der Waals surface area contributed by atoms with E-state index in [0.29, 0.717) is 6.42 Å². The number of ether oxygens (including phenoxy) is 2. The quantitative estimate of drug-likeness (QED) is 0.762. The van der Waals surface area contributed by atoms with Crippen molar-refractivity contribution in [3.8, 4) is 0 Å². The van der Waals surface area contributed by atoms with Crippen LogP contribution in [0.3, 0.4) is 0 Å². The van der Waals surface area contributed by atoms with E-state index < -0.39 is 0 Å². The van der Waals surface area contributed by atoms with Crippen LogP contribution < -0.4 is 5.32 Å². The Balaban J connectivity index is 1.44. The Hall–Kier alpha value is -1.37. The van der Waals surface area contributed by atoms with Gasteiger partial charge in [0, 0.05) is 45.2 Å². The lowest BCUT2D eigenvalue weighted by molar-refractivity contribution is -0.124. The number of carbonyl (C=O) groups is 1. The lowest BCUT2D eigenvalue weighted by Gasteiger charge is -2.38. The molecule has 6 heteroatoms. The molecule has 0 radical (unpaired) electrons. The third-order valence-electron chi connectivity index (χ3n) is 5.14. The number of aromatic nitrogens is 1. The highest BCUT2D eigenvalue weighted by atomic mass is 16.5. The van der Waals surface area contributed by atoms with E-state index in [2.05, 4.69) is 27.2 Å². The number of nitrogens with zero attached hydrogens (tertiary/aromatic N) is 2. The lowest BCUT2D eigenvalue weighted by atomic mass is 9.86. The fourth-order valence-corrected chi connectivity index (χ4v) is 3.64. The molecule has 1 N–H and O–H groups in total. The Morgan fingerprint density at radius 3 is 2.42 bits per heavy atom. The maximum Gasteiger partial charge on any atom is 0.222 e. The number of hydrogen-bond acceptors (Lipinski definition) is 4. The van der Waals surface area contributed by atoms with Gasteiger partial charge in [0.2, 0.25) is 5.91 Å². The fourth-order valence-electron chi connectivity index (χ4n) is 3.64. The minimum absolute atomic E-state index is 0.129. The molecule has 2 aliphatic rings. The van der Waals surface area contributed by atoms with Gasteiger partial charge in [0.05, 0.1) is 25.2 Å². The normalized spacial score (nSPS) is 21.5. The highest BCUT2D eigenvalue weighted by Gasteiger charge is 2.35. The summed E-state index contributed by atoms with van der Waals surface area (Å²) in [6.07, 6.45) is 7.44. The summed E-state index contributed by atoms with van der Waals surface area (Å²) < 4.78 is 13.1. The molecule has 0 unspecified atom stereocenters. The molecule has 2 fully saturated rings. The van der Waals surface area contributed by atoms with E-state index >= 15 is 0 Å². The first kappa shape index (κ1) is 17.5. The molecule has 0 bridgehead atoms. The van der Waals surface area contributed by atoms with Crippen molar-refractivity contribution < 1.29 is 14.3 Å². The van der Waals surface area contributed by atoms with Crippen LogP contribution >= 0.6 is 0 Å². The zero-order valence-electron chi connectivity index (χ0n) is 14.4. The third kappa shape index (κ3) is 4.59. The first-order chi connectivity index (χ1) is 11.8. The molecule has 0 aliphatic carbocycles. The van der Waals surface area contributed by atoms with Crippen molar-refractivity contribution >= 4 is 5.91 Å². The summed E-state index contributed by atoms with van der Waals surface area (Å²) in [6.45, 7) is 6.89. The van der Waals surface area contributed by atoms with Crippen molar-refractivity contribution in [3.63, 3.8) is 0 Å². The van der Waals surface area contributed by atoms with Crippen molar-refractivity contribution in [1.82, 2.24) is 14.8 Å². The van der Waals surface area contributed by atoms with Crippen molar-refractivity contribution in [2.24, 2.45) is 0 Å². The Bertz CT molecular complexity index is 492. The third-order valence-corrected chi connectivity index (χ3v) is 5.14. The molecule has 2 saturated heterocycles. The first-order valence-corrected chi connectivity index (χ1v) is 9.07. The SMILES string of the molecule is O=C(CC1(n2cccc2)CCOCC1)NCCCN1CCOCC1. The molecule has 6 nitrogen and oxygen atoms in total. The Kier molecular flexibility index (Phi) is 6.29. The predicted octanol–water partition coefficient (Wildman–Crippen LogP) is 1.22. The molecule has 1 aromatic heterocycles. The van der Waals surface area contributed by atoms with Crippen LogP contribution in [-0.2, 0) is 19.8 Å². The second-order valence-corrected chi connectivity index (χ2v) is 6.76. The minimum atomic E-state index is -0.129. The molecule has 0 saturated carbocycles. The molecule has 2 aliphatic heterocycles. The van der Waals surface area contributed by atoms with Crippen LogP contribution in [0.4, 0.5) is 0 Å². The average molecular weight is 335 g/mol. The van der Waals surface area contributed by atoms with Gasteiger partial charge in [0.25, 0.3) is 0 Å². The summed E-state index contributed by atoms with van der Waals surface area (Å²) in [4.78, 5) is 14.9. The van der Waals surface area contributed by atoms with Crippen LogP contribution in [0.5, 0.6) is 0 Å². The van der Waals surface area contributed by atoms with Crippen LogP contribution in [0.2, 0.25) is 0 Å². The smallest absolute Gasteiger partial charge is 0.222 e. The van der Waals surface area contributed by atoms with E-state index in [1.165, 1.54) is 0 Å². The van der Waals surface area contributed by atoms with Gasteiger partial charge in [-0.05, 0) is 37.9 Å². The van der Waals surface area contributed by atoms with E-state index in [0.717, 1.165) is 71.9 Å². The van der Waals surface area contributed by atoms with Crippen LogP contribution in [0.1, 0.15) is 25.7 Å². The van der Waals surface area contributed by atoms with E-state index in [9.17, 15) is 4.79 Å². The van der Waals surface area contributed by atoms with Gasteiger partial charge in [-0.15, -0.1) is 0 Å². The first-order valence-electron chi connectivity index (χ1n) is 9.07. The van der Waals surface area contributed by atoms with Gasteiger partial charge in [-0.2, -0.15) is 0 Å². The summed E-state index contributed by atoms with van der Waals surface area (Å²) in [5.74, 6) is 0.146. The maximum absolute atomic E-state index is 12.5. The molecular weight excluding hydrogens is 306 g/mol. The number of hydrogen-bond donors (Lipinski definition) is 1. The largest absolute Gasteiger partial charge is 0.381 e. The van der Waals surface area contributed by atoms with Gasteiger partial charge >= 0.3 is 0 Å². The molecule has 0 aromatic carbocycles. The van der Waals surface area contributed by atoms with Gasteiger partial charge in [-0.25, -0.2) is 0 Å². The van der Waals surface area contributed by atoms with Crippen LogP contribution in [0.25, 0.3) is 0 Å². The minimum Gasteiger partial charge on any atom is -0.381 e. The molecule has 1 amide bonds. The number of carbonyl (C=O) groups excluding carboxylic acids is 1. The topological polar surface area (TPSA) is 55.7 Å². The van der Waals surface area contributed by atoms with E-state index in [1.807, 2.05) is 12.1 Å². The van der Waals surface area contributed by atoms with E-state index in [-0.39, 0.29) is 11.4 Å². The van der Waals surface area contributed by atoms with Crippen molar-refractivity contribution in [2.75, 3.05) is 52.6 Å². The standard InChI is InChI=1S/C18H29N3O3/c22-17(19-6-3-7-20-10-14-24-15-11-20)16-18(4-12-23-13-5-18)21-8-1-2-9-21/h1-2,8-9H,3-7,10-16H2,(H,19,22). The second-order valence-electron chi connectivity index (χ2n) is 6.76. The van der Waals surface area contributed by atoms with Crippen LogP contribution in [0, 0.1) is 0 Å². The molecule has 24 heavy (non-hydrogen) atoms. The second kappa shape index (κ2) is 8.65. The zero-order valence-corrected chi connectivity index (χ0v) is 14.4. The van der Waals surface area contributed by atoms with Crippen molar-refractivity contribution in [2.45, 2.75) is 31.2 Å². The summed E-state index contributed by atoms with van der Waals surface area (Å²) >= 11 is 0. The Morgan fingerprint density at radius 1 is 1.04 bits per heavy atom. The maximum atomic E-state index is 12.5. The van der Waals surface area contributed by atoms with Gasteiger partial charge in [-0.1, -0.05) is 0 Å².